The molecule has 0 bridgehead atoms. The van der Waals surface area contributed by atoms with Gasteiger partial charge in [-0.1, -0.05) is 6.92 Å². The highest BCUT2D eigenvalue weighted by atomic mass is 16.5. The molecular weight excluding hydrogens is 154 g/mol. The summed E-state index contributed by atoms with van der Waals surface area (Å²) < 4.78 is 5.10. The molecule has 2 aliphatic heterocycles. The van der Waals surface area contributed by atoms with Gasteiger partial charge < -0.3 is 15.0 Å². The quantitative estimate of drug-likeness (QED) is 0.523. The SMILES string of the molecule is CC1CC[NH+]([O-])C2=C1C=COC2. The fourth-order valence-electron chi connectivity index (χ4n) is 1.79. The minimum atomic E-state index is 0.271. The molecule has 0 amide bonds. The zero-order valence-corrected chi connectivity index (χ0v) is 7.17. The Hall–Kier alpha value is -0.800. The number of nitrogens with one attached hydrogen (secondary N) is 1. The van der Waals surface area contributed by atoms with E-state index in [-0.39, 0.29) is 5.06 Å². The van der Waals surface area contributed by atoms with Crippen LogP contribution < -0.4 is 5.06 Å². The van der Waals surface area contributed by atoms with Crippen LogP contribution in [0.5, 0.6) is 0 Å². The Morgan fingerprint density at radius 1 is 1.67 bits per heavy atom. The normalized spacial score (nSPS) is 34.5. The van der Waals surface area contributed by atoms with Crippen LogP contribution in [-0.4, -0.2) is 13.2 Å². The molecule has 0 spiro atoms. The van der Waals surface area contributed by atoms with Crippen LogP contribution in [0.2, 0.25) is 0 Å². The van der Waals surface area contributed by atoms with Crippen LogP contribution in [0.4, 0.5) is 0 Å². The molecule has 0 radical (unpaired) electrons. The minimum absolute atomic E-state index is 0.271. The Labute approximate surface area is 71.9 Å². The Kier molecular flexibility index (Phi) is 1.90. The zero-order chi connectivity index (χ0) is 8.55. The van der Waals surface area contributed by atoms with Gasteiger partial charge in [0.15, 0.2) is 6.61 Å². The van der Waals surface area contributed by atoms with Crippen molar-refractivity contribution in [2.45, 2.75) is 13.3 Å². The molecule has 2 heterocycles. The molecule has 66 valence electrons. The third kappa shape index (κ3) is 1.15. The standard InChI is InChI=1S/C9H13NO2/c1-7-2-4-10(11)9-6-12-5-3-8(7)9/h3,5,7,10H,2,4,6H2,1H3. The number of quaternary nitrogens is 1. The van der Waals surface area contributed by atoms with Crippen LogP contribution in [0.1, 0.15) is 13.3 Å². The molecule has 0 aromatic carbocycles. The molecule has 2 rings (SSSR count). The number of hydrogen-bond acceptors (Lipinski definition) is 2. The van der Waals surface area contributed by atoms with E-state index in [9.17, 15) is 5.21 Å². The van der Waals surface area contributed by atoms with Crippen LogP contribution >= 0.6 is 0 Å². The van der Waals surface area contributed by atoms with Gasteiger partial charge >= 0.3 is 0 Å². The topological polar surface area (TPSA) is 36.7 Å². The van der Waals surface area contributed by atoms with Crippen molar-refractivity contribution in [3.63, 3.8) is 0 Å². The summed E-state index contributed by atoms with van der Waals surface area (Å²) in [6.45, 7) is 3.34. The van der Waals surface area contributed by atoms with Gasteiger partial charge in [0.25, 0.3) is 0 Å². The molecule has 2 aliphatic rings. The van der Waals surface area contributed by atoms with Gasteiger partial charge in [0, 0.05) is 12.0 Å². The highest BCUT2D eigenvalue weighted by Crippen LogP contribution is 2.22. The Balaban J connectivity index is 2.34. The van der Waals surface area contributed by atoms with Crippen molar-refractivity contribution in [2.75, 3.05) is 13.2 Å². The van der Waals surface area contributed by atoms with E-state index >= 15 is 0 Å². The lowest BCUT2D eigenvalue weighted by molar-refractivity contribution is -0.812. The van der Waals surface area contributed by atoms with Crippen molar-refractivity contribution >= 4 is 0 Å². The molecule has 0 aliphatic carbocycles. The number of rotatable bonds is 0. The van der Waals surface area contributed by atoms with Gasteiger partial charge in [-0.05, 0) is 12.0 Å². The number of hydrogen-bond donors (Lipinski definition) is 1. The van der Waals surface area contributed by atoms with Crippen molar-refractivity contribution in [2.24, 2.45) is 5.92 Å². The first-order valence-corrected chi connectivity index (χ1v) is 4.33. The van der Waals surface area contributed by atoms with Gasteiger partial charge in [-0.3, -0.25) is 0 Å². The van der Waals surface area contributed by atoms with Crippen molar-refractivity contribution in [3.8, 4) is 0 Å². The first-order valence-electron chi connectivity index (χ1n) is 4.33. The van der Waals surface area contributed by atoms with Crippen LogP contribution in [-0.2, 0) is 4.74 Å². The molecule has 0 saturated heterocycles. The highest BCUT2D eigenvalue weighted by Gasteiger charge is 2.25. The van der Waals surface area contributed by atoms with Gasteiger partial charge in [0.1, 0.15) is 5.70 Å². The maximum absolute atomic E-state index is 11.4. The maximum atomic E-state index is 11.4. The van der Waals surface area contributed by atoms with Gasteiger partial charge in [-0.2, -0.15) is 0 Å². The lowest BCUT2D eigenvalue weighted by Gasteiger charge is -2.34. The second-order valence-corrected chi connectivity index (χ2v) is 3.41. The fourth-order valence-corrected chi connectivity index (χ4v) is 1.79. The summed E-state index contributed by atoms with van der Waals surface area (Å²) in [5.41, 5.74) is 2.09. The Morgan fingerprint density at radius 3 is 3.25 bits per heavy atom. The number of allylic oxidation sites excluding steroid dienone is 2. The van der Waals surface area contributed by atoms with Crippen molar-refractivity contribution < 1.29 is 9.80 Å². The van der Waals surface area contributed by atoms with E-state index in [1.807, 2.05) is 6.08 Å². The number of ether oxygens (including phenoxy) is 1. The van der Waals surface area contributed by atoms with Gasteiger partial charge in [0.2, 0.25) is 0 Å². The molecular formula is C9H13NO2. The summed E-state index contributed by atoms with van der Waals surface area (Å²) >= 11 is 0. The second-order valence-electron chi connectivity index (χ2n) is 3.41. The molecule has 0 fully saturated rings. The second kappa shape index (κ2) is 2.92. The van der Waals surface area contributed by atoms with Crippen LogP contribution in [0, 0.1) is 11.1 Å². The molecule has 0 aromatic rings. The lowest BCUT2D eigenvalue weighted by atomic mass is 9.92. The minimum Gasteiger partial charge on any atom is -0.629 e. The average molecular weight is 167 g/mol. The van der Waals surface area contributed by atoms with E-state index in [0.717, 1.165) is 12.1 Å². The average Bonchev–Trinajstić information content (AvgIpc) is 2.12. The summed E-state index contributed by atoms with van der Waals surface area (Å²) in [4.78, 5) is 0. The van der Waals surface area contributed by atoms with Gasteiger partial charge in [-0.25, -0.2) is 0 Å². The highest BCUT2D eigenvalue weighted by molar-refractivity contribution is 5.27. The third-order valence-electron chi connectivity index (χ3n) is 2.59. The molecule has 1 N–H and O–H groups in total. The van der Waals surface area contributed by atoms with Crippen LogP contribution in [0.3, 0.4) is 0 Å². The summed E-state index contributed by atoms with van der Waals surface area (Å²) in [6.07, 6.45) is 4.61. The molecule has 2 atom stereocenters. The lowest BCUT2D eigenvalue weighted by Crippen LogP contribution is -3.07. The molecule has 2 unspecified atom stereocenters. The predicted molar refractivity (Wildman–Crippen MR) is 45.1 cm³/mol. The third-order valence-corrected chi connectivity index (χ3v) is 2.59. The van der Waals surface area contributed by atoms with E-state index in [2.05, 4.69) is 6.92 Å². The molecule has 0 saturated carbocycles. The molecule has 3 nitrogen and oxygen atoms in total. The van der Waals surface area contributed by atoms with Gasteiger partial charge in [0.05, 0.1) is 12.8 Å². The van der Waals surface area contributed by atoms with E-state index in [4.69, 9.17) is 4.74 Å². The van der Waals surface area contributed by atoms with E-state index in [0.29, 0.717) is 19.1 Å². The predicted octanol–water partition coefficient (Wildman–Crippen LogP) is 0.207. The summed E-state index contributed by atoms with van der Waals surface area (Å²) in [7, 11) is 0. The van der Waals surface area contributed by atoms with Crippen LogP contribution in [0.15, 0.2) is 23.6 Å². The van der Waals surface area contributed by atoms with E-state index in [1.54, 1.807) is 6.26 Å². The Morgan fingerprint density at radius 2 is 2.50 bits per heavy atom. The fraction of sp³-hybridized carbons (Fsp3) is 0.556. The van der Waals surface area contributed by atoms with Gasteiger partial charge in [-0.15, -0.1) is 0 Å². The molecule has 0 aromatic heterocycles. The number of hydroxylamine groups is 2. The van der Waals surface area contributed by atoms with E-state index in [1.165, 1.54) is 5.57 Å². The smallest absolute Gasteiger partial charge is 0.162 e. The van der Waals surface area contributed by atoms with Crippen molar-refractivity contribution in [3.05, 3.63) is 28.8 Å². The maximum Gasteiger partial charge on any atom is 0.162 e. The molecule has 3 heteroatoms. The first-order chi connectivity index (χ1) is 5.79. The van der Waals surface area contributed by atoms with Crippen molar-refractivity contribution in [1.29, 1.82) is 0 Å². The van der Waals surface area contributed by atoms with Crippen molar-refractivity contribution in [1.82, 2.24) is 0 Å². The largest absolute Gasteiger partial charge is 0.629 e. The van der Waals surface area contributed by atoms with E-state index < -0.39 is 0 Å². The van der Waals surface area contributed by atoms with Crippen LogP contribution in [0.25, 0.3) is 0 Å². The molecule has 12 heavy (non-hydrogen) atoms. The zero-order valence-electron chi connectivity index (χ0n) is 7.17. The summed E-state index contributed by atoms with van der Waals surface area (Å²) in [5.74, 6) is 0.526. The first kappa shape index (κ1) is 7.83. The Bertz CT molecular complexity index is 245. The monoisotopic (exact) mass is 167 g/mol. The summed E-state index contributed by atoms with van der Waals surface area (Å²) in [6, 6.07) is 0. The summed E-state index contributed by atoms with van der Waals surface area (Å²) in [5, 5.41) is 11.7.